The maximum Gasteiger partial charge on any atom is 0.326 e. The Labute approximate surface area is 193 Å². The van der Waals surface area contributed by atoms with Crippen LogP contribution >= 0.6 is 11.6 Å². The molecule has 1 spiro atoms. The van der Waals surface area contributed by atoms with Gasteiger partial charge in [-0.25, -0.2) is 14.4 Å². The van der Waals surface area contributed by atoms with Gasteiger partial charge in [0.05, 0.1) is 34.0 Å². The molecule has 11 heteroatoms. The smallest absolute Gasteiger partial charge is 0.326 e. The fraction of sp³-hybridized carbons (Fsp3) is 0.364. The van der Waals surface area contributed by atoms with Crippen molar-refractivity contribution in [1.29, 1.82) is 0 Å². The zero-order valence-electron chi connectivity index (χ0n) is 18.1. The second-order valence-electron chi connectivity index (χ2n) is 8.83. The van der Waals surface area contributed by atoms with Gasteiger partial charge in [0.25, 0.3) is 0 Å². The Kier molecular flexibility index (Phi) is 4.40. The van der Waals surface area contributed by atoms with Crippen molar-refractivity contribution in [2.75, 3.05) is 30.4 Å². The summed E-state index contributed by atoms with van der Waals surface area (Å²) in [6, 6.07) is 1.68. The highest BCUT2D eigenvalue weighted by Crippen LogP contribution is 2.50. The van der Waals surface area contributed by atoms with Crippen molar-refractivity contribution in [2.24, 2.45) is 11.1 Å². The van der Waals surface area contributed by atoms with Crippen LogP contribution in [0.15, 0.2) is 18.5 Å². The van der Waals surface area contributed by atoms with Crippen molar-refractivity contribution in [3.63, 3.8) is 0 Å². The number of H-pyrrole nitrogens is 1. The number of nitrogens with zero attached hydrogens (tertiary/aromatic N) is 5. The van der Waals surface area contributed by atoms with Gasteiger partial charge >= 0.3 is 6.01 Å². The topological polar surface area (TPSA) is 118 Å². The van der Waals surface area contributed by atoms with Crippen LogP contribution in [-0.2, 0) is 0 Å². The van der Waals surface area contributed by atoms with E-state index in [1.807, 2.05) is 0 Å². The van der Waals surface area contributed by atoms with E-state index in [-0.39, 0.29) is 22.5 Å². The third kappa shape index (κ3) is 3.01. The number of fused-ring (bicyclic) bond motifs is 3. The van der Waals surface area contributed by atoms with E-state index < -0.39 is 5.82 Å². The summed E-state index contributed by atoms with van der Waals surface area (Å²) in [6.45, 7) is 3.33. The molecule has 4 aromatic rings. The van der Waals surface area contributed by atoms with Gasteiger partial charge in [-0.15, -0.1) is 0 Å². The van der Waals surface area contributed by atoms with Crippen LogP contribution in [0.2, 0.25) is 5.02 Å². The number of aromatic amines is 1. The van der Waals surface area contributed by atoms with E-state index in [1.54, 1.807) is 26.4 Å². The van der Waals surface area contributed by atoms with Crippen LogP contribution in [0, 0.1) is 18.2 Å². The lowest BCUT2D eigenvalue weighted by Gasteiger charge is -2.60. The van der Waals surface area contributed by atoms with Crippen molar-refractivity contribution in [3.05, 3.63) is 35.1 Å². The van der Waals surface area contributed by atoms with Crippen LogP contribution in [-0.4, -0.2) is 51.1 Å². The molecule has 9 nitrogen and oxygen atoms in total. The number of nitrogens with two attached hydrogens (primary N) is 1. The second-order valence-corrected chi connectivity index (χ2v) is 9.21. The lowest BCUT2D eigenvalue weighted by atomic mass is 9.60. The minimum Gasteiger partial charge on any atom is -0.421 e. The van der Waals surface area contributed by atoms with Gasteiger partial charge < -0.3 is 25.7 Å². The number of benzene rings is 1. The van der Waals surface area contributed by atoms with Crippen molar-refractivity contribution >= 4 is 45.0 Å². The number of ether oxygens (including phenoxy) is 1. The summed E-state index contributed by atoms with van der Waals surface area (Å²) in [6.07, 6.45) is 5.26. The molecule has 0 bridgehead atoms. The van der Waals surface area contributed by atoms with Crippen LogP contribution in [0.4, 0.5) is 15.9 Å². The molecule has 0 amide bonds. The molecule has 0 radical (unpaired) electrons. The van der Waals surface area contributed by atoms with Gasteiger partial charge in [-0.1, -0.05) is 11.6 Å². The molecule has 2 aliphatic rings. The molecule has 1 aliphatic heterocycles. The van der Waals surface area contributed by atoms with Crippen molar-refractivity contribution in [1.82, 2.24) is 24.9 Å². The fourth-order valence-electron chi connectivity index (χ4n) is 4.84. The number of halogens is 2. The molecule has 6 rings (SSSR count). The molecule has 1 saturated carbocycles. The third-order valence-corrected chi connectivity index (χ3v) is 7.24. The number of hydrogen-bond acceptors (Lipinski definition) is 8. The Morgan fingerprint density at radius 2 is 2.03 bits per heavy atom. The van der Waals surface area contributed by atoms with E-state index in [9.17, 15) is 4.39 Å². The van der Waals surface area contributed by atoms with Crippen LogP contribution in [0.3, 0.4) is 0 Å². The highest BCUT2D eigenvalue weighted by molar-refractivity contribution is 6.39. The van der Waals surface area contributed by atoms with Gasteiger partial charge in [0, 0.05) is 43.0 Å². The number of aromatic nitrogens is 5. The maximum absolute atomic E-state index is 14.7. The van der Waals surface area contributed by atoms with E-state index in [1.165, 1.54) is 6.07 Å². The van der Waals surface area contributed by atoms with E-state index in [0.29, 0.717) is 45.0 Å². The standard InChI is InChI=1S/C22H22ClFN8O/c1-10-27-6-11(7-28-10)33-21-30-19-16(15-17(23)12(24)5-13(26-2)18(15)29-19)20(31-21)32-8-22(9-32)4-3-14(22)25/h5-7,14,26H,3-4,8-9,25H2,1-2H3,(H,29,30,31)/t14-/m1/s1. The largest absolute Gasteiger partial charge is 0.421 e. The van der Waals surface area contributed by atoms with E-state index in [0.717, 1.165) is 25.9 Å². The molecule has 4 heterocycles. The molecular formula is C22H22ClFN8O. The van der Waals surface area contributed by atoms with Gasteiger partial charge in [0.2, 0.25) is 0 Å². The van der Waals surface area contributed by atoms with Crippen LogP contribution in [0.25, 0.3) is 21.9 Å². The summed E-state index contributed by atoms with van der Waals surface area (Å²) in [4.78, 5) is 23.0. The molecule has 1 saturated heterocycles. The minimum atomic E-state index is -0.515. The van der Waals surface area contributed by atoms with Crippen LogP contribution in [0.5, 0.6) is 11.8 Å². The fourth-order valence-corrected chi connectivity index (χ4v) is 5.09. The van der Waals surface area contributed by atoms with Crippen molar-refractivity contribution < 1.29 is 9.13 Å². The molecule has 170 valence electrons. The van der Waals surface area contributed by atoms with Gasteiger partial charge in [-0.2, -0.15) is 9.97 Å². The van der Waals surface area contributed by atoms with Gasteiger partial charge in [0.1, 0.15) is 23.1 Å². The SMILES string of the molecule is CNc1cc(F)c(Cl)c2c1[nH]c1nc(Oc3cnc(C)nc3)nc(N3CC4(CC[C@H]4N)C3)c12. The minimum absolute atomic E-state index is 0.0243. The van der Waals surface area contributed by atoms with Crippen molar-refractivity contribution in [2.45, 2.75) is 25.8 Å². The van der Waals surface area contributed by atoms with Crippen LogP contribution < -0.4 is 20.7 Å². The Morgan fingerprint density at radius 1 is 1.27 bits per heavy atom. The Bertz CT molecular complexity index is 1400. The maximum atomic E-state index is 14.7. The summed E-state index contributed by atoms with van der Waals surface area (Å²) >= 11 is 6.45. The summed E-state index contributed by atoms with van der Waals surface area (Å²) in [7, 11) is 1.73. The lowest BCUT2D eigenvalue weighted by Crippen LogP contribution is -2.69. The lowest BCUT2D eigenvalue weighted by molar-refractivity contribution is 0.0559. The zero-order chi connectivity index (χ0) is 22.9. The number of hydrogen-bond donors (Lipinski definition) is 3. The van der Waals surface area contributed by atoms with Gasteiger partial charge in [-0.3, -0.25) is 0 Å². The molecule has 1 aromatic carbocycles. The third-order valence-electron chi connectivity index (χ3n) is 6.87. The summed E-state index contributed by atoms with van der Waals surface area (Å²) in [5.74, 6) is 1.17. The highest BCUT2D eigenvalue weighted by Gasteiger charge is 2.54. The molecule has 3 aromatic heterocycles. The second kappa shape index (κ2) is 7.13. The van der Waals surface area contributed by atoms with E-state index >= 15 is 0 Å². The molecule has 1 atom stereocenters. The first-order valence-electron chi connectivity index (χ1n) is 10.7. The molecule has 2 fully saturated rings. The van der Waals surface area contributed by atoms with E-state index in [4.69, 9.17) is 27.1 Å². The first-order valence-corrected chi connectivity index (χ1v) is 11.1. The first-order chi connectivity index (χ1) is 15.9. The Morgan fingerprint density at radius 3 is 2.67 bits per heavy atom. The number of nitrogens with one attached hydrogen (secondary N) is 2. The average Bonchev–Trinajstić information content (AvgIpc) is 3.15. The van der Waals surface area contributed by atoms with Gasteiger partial charge in [-0.05, 0) is 19.8 Å². The normalized spacial score (nSPS) is 19.1. The predicted octanol–water partition coefficient (Wildman–Crippen LogP) is 3.76. The quantitative estimate of drug-likeness (QED) is 0.414. The summed E-state index contributed by atoms with van der Waals surface area (Å²) in [5.41, 5.74) is 8.13. The number of rotatable bonds is 4. The Hall–Kier alpha value is -3.24. The number of anilines is 2. The van der Waals surface area contributed by atoms with E-state index in [2.05, 4.69) is 30.2 Å². The molecule has 33 heavy (non-hydrogen) atoms. The average molecular weight is 469 g/mol. The molecular weight excluding hydrogens is 447 g/mol. The summed E-state index contributed by atoms with van der Waals surface area (Å²) in [5, 5.41) is 4.23. The predicted molar refractivity (Wildman–Crippen MR) is 125 cm³/mol. The first kappa shape index (κ1) is 20.4. The highest BCUT2D eigenvalue weighted by atomic mass is 35.5. The summed E-state index contributed by atoms with van der Waals surface area (Å²) < 4.78 is 20.6. The number of aryl methyl sites for hydroxylation is 1. The molecule has 0 unspecified atom stereocenters. The van der Waals surface area contributed by atoms with Crippen LogP contribution in [0.1, 0.15) is 18.7 Å². The molecule has 1 aliphatic carbocycles. The van der Waals surface area contributed by atoms with Gasteiger partial charge in [0.15, 0.2) is 5.75 Å². The molecule has 4 N–H and O–H groups in total. The monoisotopic (exact) mass is 468 g/mol. The van der Waals surface area contributed by atoms with Crippen molar-refractivity contribution in [3.8, 4) is 11.8 Å². The Balaban J connectivity index is 1.53. The zero-order valence-corrected chi connectivity index (χ0v) is 18.9.